The van der Waals surface area contributed by atoms with Crippen LogP contribution in [0.2, 0.25) is 0 Å². The van der Waals surface area contributed by atoms with Gasteiger partial charge in [-0.3, -0.25) is 14.2 Å². The first-order chi connectivity index (χ1) is 10.0. The number of aliphatic hydroxyl groups excluding tert-OH is 1. The van der Waals surface area contributed by atoms with Gasteiger partial charge in [0.05, 0.1) is 6.61 Å². The minimum atomic E-state index is -0.217. The third-order valence-electron chi connectivity index (χ3n) is 3.44. The van der Waals surface area contributed by atoms with E-state index in [9.17, 15) is 14.7 Å². The van der Waals surface area contributed by atoms with Crippen LogP contribution in [0, 0.1) is 13.8 Å². The zero-order valence-corrected chi connectivity index (χ0v) is 12.9. The van der Waals surface area contributed by atoms with Gasteiger partial charge >= 0.3 is 4.87 Å². The Hall–Kier alpha value is -1.92. The second-order valence-corrected chi connectivity index (χ2v) is 5.97. The molecule has 0 bridgehead atoms. The summed E-state index contributed by atoms with van der Waals surface area (Å²) < 4.78 is 1.48. The summed E-state index contributed by atoms with van der Waals surface area (Å²) in [5.41, 5.74) is 2.49. The van der Waals surface area contributed by atoms with Crippen LogP contribution in [0.15, 0.2) is 29.1 Å². The summed E-state index contributed by atoms with van der Waals surface area (Å²) in [4.78, 5) is 24.5. The molecule has 2 aromatic rings. The molecule has 0 unspecified atom stereocenters. The van der Waals surface area contributed by atoms with Crippen molar-refractivity contribution in [1.82, 2.24) is 9.88 Å². The summed E-state index contributed by atoms with van der Waals surface area (Å²) in [6, 6.07) is 7.38. The monoisotopic (exact) mass is 306 g/mol. The Kier molecular flexibility index (Phi) is 4.93. The molecule has 0 fully saturated rings. The summed E-state index contributed by atoms with van der Waals surface area (Å²) in [5.74, 6) is -0.217. The highest BCUT2D eigenvalue weighted by Gasteiger charge is 2.11. The van der Waals surface area contributed by atoms with E-state index >= 15 is 0 Å². The molecule has 0 spiro atoms. The fraction of sp³-hybridized carbons (Fsp3) is 0.333. The number of hydrogen-bond acceptors (Lipinski definition) is 4. The maximum Gasteiger partial charge on any atom is 0.308 e. The van der Waals surface area contributed by atoms with Crippen LogP contribution in [-0.2, 0) is 24.5 Å². The van der Waals surface area contributed by atoms with Gasteiger partial charge in [0.1, 0.15) is 6.54 Å². The number of aryl methyl sites for hydroxylation is 1. The van der Waals surface area contributed by atoms with E-state index in [1.165, 1.54) is 4.57 Å². The number of hydrogen-bond donors (Lipinski definition) is 2. The van der Waals surface area contributed by atoms with Gasteiger partial charge in [0, 0.05) is 17.1 Å². The van der Waals surface area contributed by atoms with Gasteiger partial charge < -0.3 is 10.4 Å². The van der Waals surface area contributed by atoms with Crippen LogP contribution in [-0.4, -0.2) is 15.6 Å². The molecular formula is C15H18N2O3S. The van der Waals surface area contributed by atoms with Gasteiger partial charge in [0.25, 0.3) is 0 Å². The number of benzene rings is 1. The average molecular weight is 306 g/mol. The highest BCUT2D eigenvalue weighted by atomic mass is 32.1. The Balaban J connectivity index is 2.01. The molecule has 0 aliphatic carbocycles. The predicted octanol–water partition coefficient (Wildman–Crippen LogP) is 1.34. The maximum atomic E-state index is 12.0. The number of nitrogens with one attached hydrogen (secondary N) is 1. The SMILES string of the molecule is Cc1sc(=O)n(CC(=O)NCc2ccccc2CO)c1C. The number of carbonyl (C=O) groups excluding carboxylic acids is 1. The van der Waals surface area contributed by atoms with Crippen molar-refractivity contribution in [3.63, 3.8) is 0 Å². The molecular weight excluding hydrogens is 288 g/mol. The van der Waals surface area contributed by atoms with E-state index in [0.717, 1.165) is 33.0 Å². The van der Waals surface area contributed by atoms with E-state index in [-0.39, 0.29) is 23.9 Å². The molecule has 1 aromatic heterocycles. The van der Waals surface area contributed by atoms with Crippen molar-refractivity contribution >= 4 is 17.2 Å². The van der Waals surface area contributed by atoms with Crippen LogP contribution in [0.1, 0.15) is 21.7 Å². The van der Waals surface area contributed by atoms with Crippen LogP contribution >= 0.6 is 11.3 Å². The van der Waals surface area contributed by atoms with Crippen molar-refractivity contribution in [3.8, 4) is 0 Å². The Morgan fingerprint density at radius 3 is 2.52 bits per heavy atom. The number of thiazole rings is 1. The summed E-state index contributed by atoms with van der Waals surface area (Å²) >= 11 is 1.15. The molecule has 112 valence electrons. The molecule has 0 aliphatic rings. The quantitative estimate of drug-likeness (QED) is 0.875. The molecule has 0 atom stereocenters. The van der Waals surface area contributed by atoms with E-state index < -0.39 is 0 Å². The molecule has 0 saturated heterocycles. The summed E-state index contributed by atoms with van der Waals surface area (Å²) in [6.07, 6.45) is 0. The van der Waals surface area contributed by atoms with Crippen molar-refractivity contribution in [2.45, 2.75) is 33.5 Å². The molecule has 1 amide bonds. The van der Waals surface area contributed by atoms with E-state index in [1.54, 1.807) is 0 Å². The number of aromatic nitrogens is 1. The van der Waals surface area contributed by atoms with Crippen molar-refractivity contribution in [3.05, 3.63) is 55.6 Å². The molecule has 2 rings (SSSR count). The molecule has 0 radical (unpaired) electrons. The number of nitrogens with zero attached hydrogens (tertiary/aromatic N) is 1. The molecule has 21 heavy (non-hydrogen) atoms. The molecule has 2 N–H and O–H groups in total. The minimum absolute atomic E-state index is 0.0241. The summed E-state index contributed by atoms with van der Waals surface area (Å²) in [5, 5.41) is 12.0. The molecule has 1 heterocycles. The Morgan fingerprint density at radius 2 is 1.95 bits per heavy atom. The zero-order valence-electron chi connectivity index (χ0n) is 12.0. The Bertz CT molecular complexity index is 703. The van der Waals surface area contributed by atoms with Crippen molar-refractivity contribution < 1.29 is 9.90 Å². The van der Waals surface area contributed by atoms with Gasteiger partial charge in [0.2, 0.25) is 5.91 Å². The second-order valence-electron chi connectivity index (χ2n) is 4.80. The minimum Gasteiger partial charge on any atom is -0.392 e. The molecule has 0 aliphatic heterocycles. The van der Waals surface area contributed by atoms with Crippen molar-refractivity contribution in [1.29, 1.82) is 0 Å². The third kappa shape index (κ3) is 3.59. The lowest BCUT2D eigenvalue weighted by Gasteiger charge is -2.10. The molecule has 1 aromatic carbocycles. The van der Waals surface area contributed by atoms with Crippen LogP contribution in [0.5, 0.6) is 0 Å². The first-order valence-electron chi connectivity index (χ1n) is 6.64. The fourth-order valence-electron chi connectivity index (χ4n) is 2.05. The second kappa shape index (κ2) is 6.69. The standard InChI is InChI=1S/C15H18N2O3S/c1-10-11(2)21-15(20)17(10)8-14(19)16-7-12-5-3-4-6-13(12)9-18/h3-6,18H,7-9H2,1-2H3,(H,16,19). The summed E-state index contributed by atoms with van der Waals surface area (Å²) in [6.45, 7) is 4.01. The van der Waals surface area contributed by atoms with Crippen LogP contribution in [0.3, 0.4) is 0 Å². The van der Waals surface area contributed by atoms with Gasteiger partial charge in [-0.1, -0.05) is 35.6 Å². The smallest absolute Gasteiger partial charge is 0.308 e. The van der Waals surface area contributed by atoms with Crippen LogP contribution in [0.25, 0.3) is 0 Å². The van der Waals surface area contributed by atoms with Gasteiger partial charge in [-0.25, -0.2) is 0 Å². The van der Waals surface area contributed by atoms with E-state index in [0.29, 0.717) is 6.54 Å². The lowest BCUT2D eigenvalue weighted by molar-refractivity contribution is -0.121. The predicted molar refractivity (Wildman–Crippen MR) is 82.3 cm³/mol. The maximum absolute atomic E-state index is 12.0. The average Bonchev–Trinajstić information content (AvgIpc) is 2.72. The van der Waals surface area contributed by atoms with Crippen molar-refractivity contribution in [2.24, 2.45) is 0 Å². The van der Waals surface area contributed by atoms with Gasteiger partial charge in [-0.2, -0.15) is 0 Å². The molecule has 5 nitrogen and oxygen atoms in total. The third-order valence-corrected chi connectivity index (χ3v) is 4.44. The van der Waals surface area contributed by atoms with E-state index in [4.69, 9.17) is 0 Å². The van der Waals surface area contributed by atoms with Crippen molar-refractivity contribution in [2.75, 3.05) is 0 Å². The number of rotatable bonds is 5. The van der Waals surface area contributed by atoms with Gasteiger partial charge in [-0.15, -0.1) is 0 Å². The lowest BCUT2D eigenvalue weighted by atomic mass is 10.1. The first-order valence-corrected chi connectivity index (χ1v) is 7.45. The number of carbonyl (C=O) groups is 1. The Labute approximate surface area is 126 Å². The topological polar surface area (TPSA) is 71.3 Å². The fourth-order valence-corrected chi connectivity index (χ4v) is 2.88. The number of amides is 1. The zero-order chi connectivity index (χ0) is 15.4. The van der Waals surface area contributed by atoms with Gasteiger partial charge in [-0.05, 0) is 25.0 Å². The lowest BCUT2D eigenvalue weighted by Crippen LogP contribution is -2.31. The number of aliphatic hydroxyl groups is 1. The molecule has 0 saturated carbocycles. The highest BCUT2D eigenvalue weighted by molar-refractivity contribution is 7.09. The highest BCUT2D eigenvalue weighted by Crippen LogP contribution is 2.10. The van der Waals surface area contributed by atoms with Crippen LogP contribution in [0.4, 0.5) is 0 Å². The largest absolute Gasteiger partial charge is 0.392 e. The first kappa shape index (κ1) is 15.5. The van der Waals surface area contributed by atoms with Gasteiger partial charge in [0.15, 0.2) is 0 Å². The molecule has 6 heteroatoms. The normalized spacial score (nSPS) is 10.6. The van der Waals surface area contributed by atoms with E-state index in [2.05, 4.69) is 5.32 Å². The summed E-state index contributed by atoms with van der Waals surface area (Å²) in [7, 11) is 0. The van der Waals surface area contributed by atoms with Crippen LogP contribution < -0.4 is 10.2 Å². The Morgan fingerprint density at radius 1 is 1.29 bits per heavy atom. The van der Waals surface area contributed by atoms with E-state index in [1.807, 2.05) is 38.1 Å².